The highest BCUT2D eigenvalue weighted by Crippen LogP contribution is 2.32. The molecule has 25 heavy (non-hydrogen) atoms. The van der Waals surface area contributed by atoms with E-state index in [-0.39, 0.29) is 18.5 Å². The summed E-state index contributed by atoms with van der Waals surface area (Å²) in [6.45, 7) is 0. The molecule has 0 amide bonds. The summed E-state index contributed by atoms with van der Waals surface area (Å²) in [6.07, 6.45) is 1.65. The second kappa shape index (κ2) is 7.23. The van der Waals surface area contributed by atoms with E-state index in [0.29, 0.717) is 16.1 Å². The van der Waals surface area contributed by atoms with E-state index < -0.39 is 10.9 Å². The standard InChI is InChI=1S/C18H14N2O4S/c21-17(22)10-9-13(11-12-5-1-3-7-15(12)20(23)24)18-19-14-6-2-4-8-16(14)25-18/h1-8,11H,9-10H2,(H,21,22)/p-1/b13-11+. The zero-order chi connectivity index (χ0) is 17.8. The van der Waals surface area contributed by atoms with Crippen molar-refractivity contribution in [3.8, 4) is 0 Å². The first-order valence-electron chi connectivity index (χ1n) is 7.54. The van der Waals surface area contributed by atoms with E-state index in [4.69, 9.17) is 0 Å². The Morgan fingerprint density at radius 1 is 1.12 bits per heavy atom. The number of hydrogen-bond acceptors (Lipinski definition) is 6. The molecule has 6 nitrogen and oxygen atoms in total. The molecule has 0 spiro atoms. The van der Waals surface area contributed by atoms with Crippen LogP contribution >= 0.6 is 11.3 Å². The SMILES string of the molecule is O=C([O-])CC/C(=C\c1ccccc1[N+](=O)[O-])c1nc2ccccc2s1. The van der Waals surface area contributed by atoms with Gasteiger partial charge >= 0.3 is 0 Å². The van der Waals surface area contributed by atoms with E-state index in [1.165, 1.54) is 17.4 Å². The number of thiazole rings is 1. The average molecular weight is 353 g/mol. The number of aliphatic carboxylic acids is 1. The molecule has 1 heterocycles. The van der Waals surface area contributed by atoms with Gasteiger partial charge in [-0.05, 0) is 42.7 Å². The maximum Gasteiger partial charge on any atom is 0.276 e. The highest BCUT2D eigenvalue weighted by Gasteiger charge is 2.14. The number of nitro benzene ring substituents is 1. The van der Waals surface area contributed by atoms with Crippen LogP contribution in [-0.4, -0.2) is 15.9 Å². The predicted molar refractivity (Wildman–Crippen MR) is 94.8 cm³/mol. The molecule has 2 aromatic carbocycles. The highest BCUT2D eigenvalue weighted by molar-refractivity contribution is 7.19. The number of hydrogen-bond donors (Lipinski definition) is 0. The highest BCUT2D eigenvalue weighted by atomic mass is 32.1. The molecule has 0 bridgehead atoms. The molecule has 0 unspecified atom stereocenters. The summed E-state index contributed by atoms with van der Waals surface area (Å²) in [5.41, 5.74) is 1.83. The predicted octanol–water partition coefficient (Wildman–Crippen LogP) is 3.28. The molecule has 0 aliphatic rings. The number of carbonyl (C=O) groups is 1. The van der Waals surface area contributed by atoms with Crippen LogP contribution in [0.5, 0.6) is 0 Å². The Balaban J connectivity index is 2.08. The number of aromatic nitrogens is 1. The molecule has 0 aliphatic carbocycles. The summed E-state index contributed by atoms with van der Waals surface area (Å²) in [6, 6.07) is 13.9. The molecule has 0 aliphatic heterocycles. The number of allylic oxidation sites excluding steroid dienone is 1. The summed E-state index contributed by atoms with van der Waals surface area (Å²) < 4.78 is 0.972. The van der Waals surface area contributed by atoms with Gasteiger partial charge in [0.1, 0.15) is 5.01 Å². The lowest BCUT2D eigenvalue weighted by Gasteiger charge is -2.06. The molecule has 0 radical (unpaired) electrons. The largest absolute Gasteiger partial charge is 0.550 e. The zero-order valence-electron chi connectivity index (χ0n) is 13.0. The molecule has 126 valence electrons. The maximum atomic E-state index is 11.2. The molecule has 0 fully saturated rings. The van der Waals surface area contributed by atoms with Gasteiger partial charge in [-0.1, -0.05) is 24.3 Å². The van der Waals surface area contributed by atoms with Crippen LogP contribution in [0.2, 0.25) is 0 Å². The zero-order valence-corrected chi connectivity index (χ0v) is 13.9. The van der Waals surface area contributed by atoms with E-state index in [9.17, 15) is 20.0 Å². The lowest BCUT2D eigenvalue weighted by Crippen LogP contribution is -2.21. The Kier molecular flexibility index (Phi) is 4.85. The smallest absolute Gasteiger partial charge is 0.276 e. The normalized spacial score (nSPS) is 11.6. The van der Waals surface area contributed by atoms with Gasteiger partial charge in [0.2, 0.25) is 0 Å². The first kappa shape index (κ1) is 16.8. The lowest BCUT2D eigenvalue weighted by atomic mass is 10.1. The van der Waals surface area contributed by atoms with E-state index >= 15 is 0 Å². The summed E-state index contributed by atoms with van der Waals surface area (Å²) in [5.74, 6) is -1.17. The van der Waals surface area contributed by atoms with Gasteiger partial charge in [-0.15, -0.1) is 11.3 Å². The van der Waals surface area contributed by atoms with Crippen LogP contribution in [0.4, 0.5) is 5.69 Å². The van der Waals surface area contributed by atoms with Crippen LogP contribution < -0.4 is 5.11 Å². The van der Waals surface area contributed by atoms with Crippen molar-refractivity contribution in [2.45, 2.75) is 12.8 Å². The molecule has 0 atom stereocenters. The third kappa shape index (κ3) is 3.89. The van der Waals surface area contributed by atoms with Gasteiger partial charge in [0.15, 0.2) is 0 Å². The fourth-order valence-electron chi connectivity index (χ4n) is 2.45. The van der Waals surface area contributed by atoms with Crippen molar-refractivity contribution < 1.29 is 14.8 Å². The monoisotopic (exact) mass is 353 g/mol. The van der Waals surface area contributed by atoms with Gasteiger partial charge in [0.05, 0.1) is 20.7 Å². The van der Waals surface area contributed by atoms with Crippen LogP contribution in [0.3, 0.4) is 0 Å². The minimum absolute atomic E-state index is 0.0328. The Morgan fingerprint density at radius 3 is 2.56 bits per heavy atom. The van der Waals surface area contributed by atoms with Crippen molar-refractivity contribution in [2.24, 2.45) is 0 Å². The molecular weight excluding hydrogens is 340 g/mol. The summed E-state index contributed by atoms with van der Waals surface area (Å²) in [7, 11) is 0. The number of carbonyl (C=O) groups excluding carboxylic acids is 1. The Hall–Kier alpha value is -3.06. The number of benzene rings is 2. The van der Waals surface area contributed by atoms with E-state index in [0.717, 1.165) is 10.2 Å². The summed E-state index contributed by atoms with van der Waals surface area (Å²) in [4.78, 5) is 26.1. The van der Waals surface area contributed by atoms with E-state index in [2.05, 4.69) is 4.98 Å². The van der Waals surface area contributed by atoms with Crippen molar-refractivity contribution in [1.29, 1.82) is 0 Å². The number of fused-ring (bicyclic) bond motifs is 1. The van der Waals surface area contributed by atoms with Crippen LogP contribution in [0.25, 0.3) is 21.9 Å². The van der Waals surface area contributed by atoms with Crippen molar-refractivity contribution in [2.75, 3.05) is 0 Å². The number of rotatable bonds is 6. The molecule has 1 aromatic heterocycles. The van der Waals surface area contributed by atoms with Crippen molar-refractivity contribution in [1.82, 2.24) is 4.98 Å². The summed E-state index contributed by atoms with van der Waals surface area (Å²) in [5, 5.41) is 22.7. The number of nitro groups is 1. The van der Waals surface area contributed by atoms with E-state index in [1.807, 2.05) is 24.3 Å². The summed E-state index contributed by atoms with van der Waals surface area (Å²) >= 11 is 1.43. The van der Waals surface area contributed by atoms with Gasteiger partial charge in [-0.25, -0.2) is 4.98 Å². The van der Waals surface area contributed by atoms with Crippen LogP contribution in [0, 0.1) is 10.1 Å². The van der Waals surface area contributed by atoms with Crippen LogP contribution in [-0.2, 0) is 4.79 Å². The molecular formula is C18H13N2O4S-. The number of carboxylic acid groups (broad SMARTS) is 1. The first-order valence-corrected chi connectivity index (χ1v) is 8.36. The van der Waals surface area contributed by atoms with Gasteiger partial charge in [0, 0.05) is 12.0 Å². The van der Waals surface area contributed by atoms with Gasteiger partial charge in [-0.3, -0.25) is 10.1 Å². The fourth-order valence-corrected chi connectivity index (χ4v) is 3.46. The molecule has 0 N–H and O–H groups in total. The van der Waals surface area contributed by atoms with Crippen molar-refractivity contribution >= 4 is 44.9 Å². The maximum absolute atomic E-state index is 11.2. The van der Waals surface area contributed by atoms with Crippen LogP contribution in [0.15, 0.2) is 48.5 Å². The number of para-hydroxylation sites is 2. The van der Waals surface area contributed by atoms with Gasteiger partial charge in [0.25, 0.3) is 5.69 Å². The quantitative estimate of drug-likeness (QED) is 0.500. The van der Waals surface area contributed by atoms with E-state index in [1.54, 1.807) is 24.3 Å². The second-order valence-electron chi connectivity index (χ2n) is 5.34. The minimum atomic E-state index is -1.17. The Labute approximate surface area is 147 Å². The third-order valence-corrected chi connectivity index (χ3v) is 4.74. The number of nitrogens with zero attached hydrogens (tertiary/aromatic N) is 2. The lowest BCUT2D eigenvalue weighted by molar-refractivity contribution is -0.385. The first-order chi connectivity index (χ1) is 12.0. The molecule has 3 aromatic rings. The molecule has 3 rings (SSSR count). The van der Waals surface area contributed by atoms with Gasteiger partial charge in [-0.2, -0.15) is 0 Å². The Bertz CT molecular complexity index is 945. The average Bonchev–Trinajstić information content (AvgIpc) is 3.02. The van der Waals surface area contributed by atoms with Crippen molar-refractivity contribution in [3.05, 3.63) is 69.2 Å². The molecule has 0 saturated heterocycles. The second-order valence-corrected chi connectivity index (χ2v) is 6.37. The fraction of sp³-hybridized carbons (Fsp3) is 0.111. The van der Waals surface area contributed by atoms with Crippen molar-refractivity contribution in [3.63, 3.8) is 0 Å². The topological polar surface area (TPSA) is 96.2 Å². The number of carboxylic acids is 1. The third-order valence-electron chi connectivity index (χ3n) is 3.63. The minimum Gasteiger partial charge on any atom is -0.550 e. The molecule has 0 saturated carbocycles. The van der Waals surface area contributed by atoms with Crippen LogP contribution in [0.1, 0.15) is 23.4 Å². The Morgan fingerprint density at radius 2 is 1.84 bits per heavy atom. The molecule has 7 heteroatoms. The van der Waals surface area contributed by atoms with Gasteiger partial charge < -0.3 is 9.90 Å².